The number of fused-ring (bicyclic) bond motifs is 17. The summed E-state index contributed by atoms with van der Waals surface area (Å²) in [5, 5.41) is 15.3. The summed E-state index contributed by atoms with van der Waals surface area (Å²) in [6.45, 7) is 0. The Balaban J connectivity index is 1.00. The molecule has 0 saturated carbocycles. The molecule has 0 amide bonds. The van der Waals surface area contributed by atoms with E-state index in [0.717, 1.165) is 98.8 Å². The van der Waals surface area contributed by atoms with E-state index in [4.69, 9.17) is 28.2 Å². The lowest BCUT2D eigenvalue weighted by Crippen LogP contribution is -2.01. The van der Waals surface area contributed by atoms with Crippen LogP contribution in [0.15, 0.2) is 220 Å². The molecule has 0 aliphatic rings. The van der Waals surface area contributed by atoms with Crippen LogP contribution in [-0.2, 0) is 0 Å². The van der Waals surface area contributed by atoms with Crippen LogP contribution in [0.5, 0.6) is 0 Å². The zero-order chi connectivity index (χ0) is 45.6. The highest BCUT2D eigenvalue weighted by molar-refractivity contribution is 6.25. The van der Waals surface area contributed by atoms with E-state index < -0.39 is 0 Å². The van der Waals surface area contributed by atoms with Crippen LogP contribution >= 0.6 is 0 Å². The van der Waals surface area contributed by atoms with Gasteiger partial charge >= 0.3 is 0 Å². The van der Waals surface area contributed by atoms with E-state index in [1.165, 1.54) is 32.3 Å². The fraction of sp³-hybridized carbons (Fsp3) is 0. The van der Waals surface area contributed by atoms with Gasteiger partial charge in [-0.05, 0) is 99.0 Å². The average molecular weight is 895 g/mol. The van der Waals surface area contributed by atoms with E-state index in [2.05, 4.69) is 138 Å². The van der Waals surface area contributed by atoms with Gasteiger partial charge in [0, 0.05) is 54.3 Å². The van der Waals surface area contributed by atoms with E-state index in [1.54, 1.807) is 0 Å². The quantitative estimate of drug-likeness (QED) is 0.175. The molecule has 0 N–H and O–H groups in total. The first kappa shape index (κ1) is 37.5. The monoisotopic (exact) mass is 894 g/mol. The summed E-state index contributed by atoms with van der Waals surface area (Å²) in [4.78, 5) is 16.2. The lowest BCUT2D eigenvalue weighted by atomic mass is 9.99. The SMILES string of the molecule is c1ccc2cc3c(cc2c1)c1c2ccccc2ccc1n3-c1ccc2c(c1)cc(-c1nc(-c3cccc4c3oc3ccccc34)nc(-c3cccc4oc5ccccc5c34)n1)c1oc3ccccc3c12. The Bertz CT molecular complexity index is 4920. The van der Waals surface area contributed by atoms with Crippen molar-refractivity contribution in [1.29, 1.82) is 0 Å². The smallest absolute Gasteiger partial charge is 0.167 e. The third-order valence-corrected chi connectivity index (χ3v) is 14.4. The minimum Gasteiger partial charge on any atom is -0.456 e. The topological polar surface area (TPSA) is 83.0 Å². The molecule has 0 spiro atoms. The Morgan fingerprint density at radius 2 is 0.857 bits per heavy atom. The zero-order valence-electron chi connectivity index (χ0n) is 37.1. The summed E-state index contributed by atoms with van der Waals surface area (Å²) >= 11 is 0. The van der Waals surface area contributed by atoms with Crippen LogP contribution in [0.2, 0.25) is 0 Å². The predicted molar refractivity (Wildman–Crippen MR) is 285 cm³/mol. The number of hydrogen-bond acceptors (Lipinski definition) is 6. The maximum absolute atomic E-state index is 6.92. The second-order valence-electron chi connectivity index (χ2n) is 18.2. The van der Waals surface area contributed by atoms with E-state index in [1.807, 2.05) is 72.8 Å². The maximum Gasteiger partial charge on any atom is 0.167 e. The number of para-hydroxylation sites is 4. The molecule has 0 radical (unpaired) electrons. The molecule has 70 heavy (non-hydrogen) atoms. The summed E-state index contributed by atoms with van der Waals surface area (Å²) in [7, 11) is 0. The summed E-state index contributed by atoms with van der Waals surface area (Å²) < 4.78 is 22.4. The minimum absolute atomic E-state index is 0.476. The Kier molecular flexibility index (Phi) is 7.49. The van der Waals surface area contributed by atoms with Crippen molar-refractivity contribution in [3.05, 3.63) is 206 Å². The molecular formula is C63H34N4O3. The van der Waals surface area contributed by atoms with Crippen LogP contribution in [0.3, 0.4) is 0 Å². The predicted octanol–water partition coefficient (Wildman–Crippen LogP) is 17.1. The molecule has 11 aromatic carbocycles. The van der Waals surface area contributed by atoms with Gasteiger partial charge in [0.25, 0.3) is 0 Å². The molecule has 16 rings (SSSR count). The van der Waals surface area contributed by atoms with Gasteiger partial charge in [-0.2, -0.15) is 0 Å². The molecule has 16 aromatic rings. The van der Waals surface area contributed by atoms with Crippen molar-refractivity contribution < 1.29 is 13.3 Å². The molecule has 0 unspecified atom stereocenters. The minimum atomic E-state index is 0.476. The standard InChI is InChI=1S/C63H34N4O3/c1-2-15-37-34-51-48(32-36(37)14-1)56-40-16-4-3-13-35(40)27-30-50(56)67(51)39-28-29-41-38(31-39)33-49(60-58(41)45-19-7-10-25-54(45)70-60)63-65-61(46-21-12-26-55-57(46)44-18-6-9-24-53(44)68-55)64-62(66-63)47-22-11-20-43-42-17-5-8-23-52(42)69-59(43)47/h1-34H. The molecule has 0 saturated heterocycles. The van der Waals surface area contributed by atoms with Crippen LogP contribution in [-0.4, -0.2) is 19.5 Å². The Labute approximate surface area is 397 Å². The molecule has 7 nitrogen and oxygen atoms in total. The first-order valence-corrected chi connectivity index (χ1v) is 23.5. The number of benzene rings is 11. The van der Waals surface area contributed by atoms with Crippen molar-refractivity contribution in [2.45, 2.75) is 0 Å². The number of hydrogen-bond donors (Lipinski definition) is 0. The average Bonchev–Trinajstić information content (AvgIpc) is 4.19. The Morgan fingerprint density at radius 1 is 0.286 bits per heavy atom. The fourth-order valence-electron chi connectivity index (χ4n) is 11.3. The van der Waals surface area contributed by atoms with E-state index in [0.29, 0.717) is 28.6 Å². The van der Waals surface area contributed by atoms with Gasteiger partial charge in [0.15, 0.2) is 17.5 Å². The van der Waals surface area contributed by atoms with Crippen LogP contribution in [0.4, 0.5) is 0 Å². The second kappa shape index (κ2) is 14.0. The highest BCUT2D eigenvalue weighted by Crippen LogP contribution is 2.45. The highest BCUT2D eigenvalue weighted by atomic mass is 16.3. The molecule has 7 heteroatoms. The van der Waals surface area contributed by atoms with Crippen LogP contribution in [0.1, 0.15) is 0 Å². The van der Waals surface area contributed by atoms with Gasteiger partial charge in [-0.25, -0.2) is 15.0 Å². The van der Waals surface area contributed by atoms with Crippen molar-refractivity contribution in [3.63, 3.8) is 0 Å². The molecule has 324 valence electrons. The zero-order valence-corrected chi connectivity index (χ0v) is 37.1. The second-order valence-corrected chi connectivity index (χ2v) is 18.2. The number of furan rings is 3. The first-order valence-electron chi connectivity index (χ1n) is 23.5. The molecule has 0 bridgehead atoms. The van der Waals surface area contributed by atoms with E-state index in [-0.39, 0.29) is 0 Å². The van der Waals surface area contributed by atoms with Gasteiger partial charge in [-0.15, -0.1) is 0 Å². The van der Waals surface area contributed by atoms with E-state index >= 15 is 0 Å². The normalized spacial score (nSPS) is 12.3. The van der Waals surface area contributed by atoms with Gasteiger partial charge in [0.1, 0.15) is 33.5 Å². The van der Waals surface area contributed by atoms with Gasteiger partial charge in [0.2, 0.25) is 0 Å². The van der Waals surface area contributed by atoms with Gasteiger partial charge in [-0.1, -0.05) is 140 Å². The van der Waals surface area contributed by atoms with Crippen molar-refractivity contribution >= 4 is 120 Å². The summed E-state index contributed by atoms with van der Waals surface area (Å²) in [5.41, 5.74) is 10.2. The molecule has 5 heterocycles. The molecule has 0 aliphatic heterocycles. The van der Waals surface area contributed by atoms with Gasteiger partial charge in [-0.3, -0.25) is 0 Å². The summed E-state index contributed by atoms with van der Waals surface area (Å²) in [6.07, 6.45) is 0. The molecule has 0 aliphatic carbocycles. The summed E-state index contributed by atoms with van der Waals surface area (Å²) in [5.74, 6) is 1.47. The number of nitrogens with zero attached hydrogens (tertiary/aromatic N) is 4. The van der Waals surface area contributed by atoms with Crippen molar-refractivity contribution in [1.82, 2.24) is 19.5 Å². The third kappa shape index (κ3) is 5.25. The maximum atomic E-state index is 6.92. The highest BCUT2D eigenvalue weighted by Gasteiger charge is 2.25. The fourth-order valence-corrected chi connectivity index (χ4v) is 11.3. The largest absolute Gasteiger partial charge is 0.456 e. The summed E-state index contributed by atoms with van der Waals surface area (Å²) in [6, 6.07) is 72.2. The van der Waals surface area contributed by atoms with Crippen LogP contribution in [0, 0.1) is 0 Å². The van der Waals surface area contributed by atoms with Gasteiger partial charge in [0.05, 0.1) is 22.2 Å². The van der Waals surface area contributed by atoms with Crippen molar-refractivity contribution in [3.8, 4) is 39.9 Å². The molecular weight excluding hydrogens is 861 g/mol. The first-order chi connectivity index (χ1) is 34.7. The molecule has 5 aromatic heterocycles. The van der Waals surface area contributed by atoms with Crippen LogP contribution in [0.25, 0.3) is 160 Å². The number of rotatable bonds is 4. The third-order valence-electron chi connectivity index (χ3n) is 14.4. The Morgan fingerprint density at radius 3 is 1.67 bits per heavy atom. The lowest BCUT2D eigenvalue weighted by molar-refractivity contribution is 0.668. The lowest BCUT2D eigenvalue weighted by Gasteiger charge is -2.13. The van der Waals surface area contributed by atoms with Crippen molar-refractivity contribution in [2.24, 2.45) is 0 Å². The number of aromatic nitrogens is 4. The molecule has 0 atom stereocenters. The Hall–Kier alpha value is -9.59. The van der Waals surface area contributed by atoms with Crippen molar-refractivity contribution in [2.75, 3.05) is 0 Å². The van der Waals surface area contributed by atoms with Gasteiger partial charge < -0.3 is 17.8 Å². The van der Waals surface area contributed by atoms with Crippen LogP contribution < -0.4 is 0 Å². The van der Waals surface area contributed by atoms with E-state index in [9.17, 15) is 0 Å². The molecule has 0 fully saturated rings.